The van der Waals surface area contributed by atoms with Crippen molar-refractivity contribution in [1.82, 2.24) is 0 Å². The van der Waals surface area contributed by atoms with Crippen LogP contribution in [0.4, 0.5) is 0 Å². The molecule has 0 saturated carbocycles. The first kappa shape index (κ1) is 16.3. The van der Waals surface area contributed by atoms with E-state index >= 15 is 0 Å². The molecule has 0 spiro atoms. The highest BCUT2D eigenvalue weighted by molar-refractivity contribution is 9.10. The van der Waals surface area contributed by atoms with Gasteiger partial charge in [0.05, 0.1) is 19.3 Å². The van der Waals surface area contributed by atoms with Gasteiger partial charge in [0.25, 0.3) is 0 Å². The highest BCUT2D eigenvalue weighted by Crippen LogP contribution is 2.38. The zero-order valence-electron chi connectivity index (χ0n) is 12.1. The average molecular weight is 331 g/mol. The lowest BCUT2D eigenvalue weighted by atomic mass is 9.99. The van der Waals surface area contributed by atoms with E-state index in [4.69, 9.17) is 9.47 Å². The molecule has 19 heavy (non-hydrogen) atoms. The third-order valence-electron chi connectivity index (χ3n) is 2.72. The molecule has 0 fully saturated rings. The summed E-state index contributed by atoms with van der Waals surface area (Å²) >= 11 is 3.50. The Labute approximate surface area is 124 Å². The SMILES string of the molecule is CCOc1cc(Br)c(C(O)CC(C)C)cc1OCC. The maximum atomic E-state index is 10.3. The Morgan fingerprint density at radius 1 is 1.11 bits per heavy atom. The topological polar surface area (TPSA) is 38.7 Å². The number of aliphatic hydroxyl groups excluding tert-OH is 1. The van der Waals surface area contributed by atoms with Gasteiger partial charge >= 0.3 is 0 Å². The Bertz CT molecular complexity index is 405. The minimum absolute atomic E-state index is 0.434. The molecule has 0 radical (unpaired) electrons. The summed E-state index contributed by atoms with van der Waals surface area (Å²) in [5.74, 6) is 1.83. The lowest BCUT2D eigenvalue weighted by Gasteiger charge is -2.18. The fourth-order valence-corrected chi connectivity index (χ4v) is 2.50. The number of halogens is 1. The van der Waals surface area contributed by atoms with Crippen molar-refractivity contribution in [1.29, 1.82) is 0 Å². The van der Waals surface area contributed by atoms with E-state index in [2.05, 4.69) is 29.8 Å². The molecule has 3 nitrogen and oxygen atoms in total. The Kier molecular flexibility index (Phi) is 6.66. The van der Waals surface area contributed by atoms with Crippen LogP contribution in [-0.2, 0) is 0 Å². The van der Waals surface area contributed by atoms with Crippen LogP contribution in [-0.4, -0.2) is 18.3 Å². The van der Waals surface area contributed by atoms with Gasteiger partial charge in [0, 0.05) is 4.47 Å². The van der Waals surface area contributed by atoms with Gasteiger partial charge in [-0.3, -0.25) is 0 Å². The van der Waals surface area contributed by atoms with Crippen LogP contribution in [0, 0.1) is 5.92 Å². The van der Waals surface area contributed by atoms with Gasteiger partial charge in [-0.05, 0) is 43.9 Å². The largest absolute Gasteiger partial charge is 0.490 e. The highest BCUT2D eigenvalue weighted by atomic mass is 79.9. The number of hydrogen-bond donors (Lipinski definition) is 1. The molecule has 0 amide bonds. The molecule has 0 aliphatic carbocycles. The predicted octanol–water partition coefficient (Wildman–Crippen LogP) is 4.33. The molecule has 108 valence electrons. The first-order valence-corrected chi connectivity index (χ1v) is 7.55. The summed E-state index contributed by atoms with van der Waals surface area (Å²) in [7, 11) is 0. The van der Waals surface area contributed by atoms with Gasteiger partial charge in [-0.25, -0.2) is 0 Å². The third kappa shape index (κ3) is 4.69. The molecule has 4 heteroatoms. The average Bonchev–Trinajstić information content (AvgIpc) is 2.31. The molecule has 1 atom stereocenters. The second-order valence-corrected chi connectivity index (χ2v) is 5.69. The molecule has 0 aliphatic heterocycles. The Morgan fingerprint density at radius 2 is 1.63 bits per heavy atom. The van der Waals surface area contributed by atoms with E-state index in [1.54, 1.807) is 0 Å². The van der Waals surface area contributed by atoms with Crippen molar-refractivity contribution >= 4 is 15.9 Å². The minimum atomic E-state index is -0.496. The van der Waals surface area contributed by atoms with E-state index < -0.39 is 6.10 Å². The molecule has 1 N–H and O–H groups in total. The summed E-state index contributed by atoms with van der Waals surface area (Å²) in [6.07, 6.45) is 0.224. The van der Waals surface area contributed by atoms with Crippen molar-refractivity contribution in [3.63, 3.8) is 0 Å². The van der Waals surface area contributed by atoms with Crippen molar-refractivity contribution in [2.75, 3.05) is 13.2 Å². The summed E-state index contributed by atoms with van der Waals surface area (Å²) in [5.41, 5.74) is 0.848. The van der Waals surface area contributed by atoms with Gasteiger partial charge in [-0.2, -0.15) is 0 Å². The lowest BCUT2D eigenvalue weighted by molar-refractivity contribution is 0.149. The normalized spacial score (nSPS) is 12.6. The maximum Gasteiger partial charge on any atom is 0.162 e. The van der Waals surface area contributed by atoms with Crippen LogP contribution in [0.2, 0.25) is 0 Å². The van der Waals surface area contributed by atoms with Crippen LogP contribution in [0.1, 0.15) is 45.8 Å². The Balaban J connectivity index is 3.08. The molecule has 0 saturated heterocycles. The number of rotatable bonds is 7. The number of aliphatic hydroxyl groups is 1. The molecular weight excluding hydrogens is 308 g/mol. The molecule has 1 aromatic carbocycles. The summed E-state index contributed by atoms with van der Waals surface area (Å²) < 4.78 is 12.0. The third-order valence-corrected chi connectivity index (χ3v) is 3.40. The van der Waals surface area contributed by atoms with Crippen LogP contribution in [0.25, 0.3) is 0 Å². The molecule has 1 aromatic rings. The Hall–Kier alpha value is -0.740. The van der Waals surface area contributed by atoms with Crippen LogP contribution < -0.4 is 9.47 Å². The van der Waals surface area contributed by atoms with Gasteiger partial charge in [0.2, 0.25) is 0 Å². The van der Waals surface area contributed by atoms with Gasteiger partial charge in [0.15, 0.2) is 11.5 Å². The molecule has 0 aliphatic rings. The number of ether oxygens (including phenoxy) is 2. The first-order chi connectivity index (χ1) is 8.99. The van der Waals surface area contributed by atoms with Crippen LogP contribution in [0.3, 0.4) is 0 Å². The van der Waals surface area contributed by atoms with Crippen molar-refractivity contribution in [3.8, 4) is 11.5 Å². The van der Waals surface area contributed by atoms with Crippen LogP contribution in [0.15, 0.2) is 16.6 Å². The quantitative estimate of drug-likeness (QED) is 0.808. The zero-order chi connectivity index (χ0) is 14.4. The van der Waals surface area contributed by atoms with Crippen LogP contribution in [0.5, 0.6) is 11.5 Å². The number of hydrogen-bond acceptors (Lipinski definition) is 3. The van der Waals surface area contributed by atoms with Crippen molar-refractivity contribution < 1.29 is 14.6 Å². The highest BCUT2D eigenvalue weighted by Gasteiger charge is 2.17. The van der Waals surface area contributed by atoms with Gasteiger partial charge in [-0.15, -0.1) is 0 Å². The predicted molar refractivity (Wildman–Crippen MR) is 80.9 cm³/mol. The summed E-state index contributed by atoms with van der Waals surface area (Å²) in [5, 5.41) is 10.3. The van der Waals surface area contributed by atoms with E-state index in [9.17, 15) is 5.11 Å². The second-order valence-electron chi connectivity index (χ2n) is 4.83. The van der Waals surface area contributed by atoms with Gasteiger partial charge in [-0.1, -0.05) is 29.8 Å². The van der Waals surface area contributed by atoms with Crippen molar-refractivity contribution in [2.45, 2.75) is 40.2 Å². The van der Waals surface area contributed by atoms with E-state index in [0.29, 0.717) is 30.6 Å². The summed E-state index contributed by atoms with van der Waals surface area (Å²) in [4.78, 5) is 0. The number of benzene rings is 1. The molecule has 1 rings (SSSR count). The molecule has 0 bridgehead atoms. The van der Waals surface area contributed by atoms with E-state index in [0.717, 1.165) is 16.5 Å². The Morgan fingerprint density at radius 3 is 2.11 bits per heavy atom. The lowest BCUT2D eigenvalue weighted by Crippen LogP contribution is -2.05. The zero-order valence-corrected chi connectivity index (χ0v) is 13.7. The summed E-state index contributed by atoms with van der Waals surface area (Å²) in [6, 6.07) is 3.74. The molecular formula is C15H23BrO3. The maximum absolute atomic E-state index is 10.3. The standard InChI is InChI=1S/C15H23BrO3/c1-5-18-14-8-11(13(17)7-10(3)4)12(16)9-15(14)19-6-2/h8-10,13,17H,5-7H2,1-4H3. The monoisotopic (exact) mass is 330 g/mol. The van der Waals surface area contributed by atoms with E-state index in [1.165, 1.54) is 0 Å². The van der Waals surface area contributed by atoms with Gasteiger partial charge in [0.1, 0.15) is 0 Å². The molecule has 0 heterocycles. The van der Waals surface area contributed by atoms with E-state index in [1.807, 2.05) is 26.0 Å². The molecule has 1 unspecified atom stereocenters. The van der Waals surface area contributed by atoms with Gasteiger partial charge < -0.3 is 14.6 Å². The minimum Gasteiger partial charge on any atom is -0.490 e. The molecule has 0 aromatic heterocycles. The smallest absolute Gasteiger partial charge is 0.162 e. The second kappa shape index (κ2) is 7.75. The summed E-state index contributed by atoms with van der Waals surface area (Å²) in [6.45, 7) is 9.21. The van der Waals surface area contributed by atoms with Crippen molar-refractivity contribution in [2.24, 2.45) is 5.92 Å². The first-order valence-electron chi connectivity index (χ1n) is 6.76. The fourth-order valence-electron chi connectivity index (χ4n) is 1.92. The fraction of sp³-hybridized carbons (Fsp3) is 0.600. The van der Waals surface area contributed by atoms with E-state index in [-0.39, 0.29) is 0 Å². The van der Waals surface area contributed by atoms with Crippen LogP contribution >= 0.6 is 15.9 Å². The van der Waals surface area contributed by atoms with Crippen molar-refractivity contribution in [3.05, 3.63) is 22.2 Å².